The number of hydrazine groups is 1. The molecule has 0 atom stereocenters. The summed E-state index contributed by atoms with van der Waals surface area (Å²) in [7, 11) is 0. The molecule has 0 unspecified atom stereocenters. The van der Waals surface area contributed by atoms with Gasteiger partial charge in [0.05, 0.1) is 0 Å². The Morgan fingerprint density at radius 1 is 1.67 bits per heavy atom. The molecule has 66 valence electrons. The fourth-order valence-corrected chi connectivity index (χ4v) is 0.227. The van der Waals surface area contributed by atoms with Crippen molar-refractivity contribution in [2.45, 2.75) is 13.3 Å². The van der Waals surface area contributed by atoms with Crippen molar-refractivity contribution in [3.05, 3.63) is 7.43 Å². The van der Waals surface area contributed by atoms with E-state index in [1.165, 1.54) is 0 Å². The molecule has 0 aliphatic rings. The van der Waals surface area contributed by atoms with E-state index >= 15 is 0 Å². The van der Waals surface area contributed by atoms with Crippen LogP contribution in [0.2, 0.25) is 0 Å². The summed E-state index contributed by atoms with van der Waals surface area (Å²) in [6, 6.07) is -0.726. The van der Waals surface area contributed by atoms with Gasteiger partial charge in [-0.25, -0.2) is 10.6 Å². The van der Waals surface area contributed by atoms with Crippen LogP contribution in [0.5, 0.6) is 0 Å². The largest absolute Gasteiger partial charge is 1.00 e. The third-order valence-corrected chi connectivity index (χ3v) is 0.608. The molecule has 0 saturated heterocycles. The van der Waals surface area contributed by atoms with Crippen LogP contribution in [0.4, 0.5) is 4.79 Å². The third kappa shape index (κ3) is 12.5. The van der Waals surface area contributed by atoms with E-state index in [-0.39, 0.29) is 37.0 Å². The molecule has 3 N–H and O–H groups in total. The first kappa shape index (κ1) is 17.8. The van der Waals surface area contributed by atoms with E-state index in [1.54, 1.807) is 5.43 Å². The van der Waals surface area contributed by atoms with Gasteiger partial charge in [-0.15, -0.1) is 0 Å². The zero-order valence-electron chi connectivity index (χ0n) is 7.70. The Balaban J connectivity index is -0.000000405. The number of carbonyl (C=O) groups excluding carboxylic acids is 1. The maximum Gasteiger partial charge on any atom is 1.00 e. The smallest absolute Gasteiger partial charge is 0.379 e. The van der Waals surface area contributed by atoms with Gasteiger partial charge in [0.25, 0.3) is 0 Å². The van der Waals surface area contributed by atoms with Crippen LogP contribution in [0.3, 0.4) is 0 Å². The summed E-state index contributed by atoms with van der Waals surface area (Å²) >= 11 is 0. The van der Waals surface area contributed by atoms with Gasteiger partial charge in [-0.05, 0) is 6.42 Å². The van der Waals surface area contributed by atoms with Crippen LogP contribution in [0.1, 0.15) is 13.3 Å². The second-order valence-electron chi connectivity index (χ2n) is 1.46. The Bertz CT molecular complexity index is 131. The molecule has 6 nitrogen and oxygen atoms in total. The van der Waals surface area contributed by atoms with Gasteiger partial charge in [0.2, 0.25) is 0 Å². The van der Waals surface area contributed by atoms with Gasteiger partial charge in [-0.1, -0.05) is 12.0 Å². The Labute approximate surface area is 94.2 Å². The zero-order valence-corrected chi connectivity index (χ0v) is 9.70. The second kappa shape index (κ2) is 13.4. The molecule has 0 rings (SSSR count). The summed E-state index contributed by atoms with van der Waals surface area (Å²) in [4.78, 5) is 14.7. The average molecular weight is 184 g/mol. The quantitative estimate of drug-likeness (QED) is 0.0993. The van der Waals surface area contributed by atoms with E-state index in [0.29, 0.717) is 6.61 Å². The Morgan fingerprint density at radius 3 is 2.67 bits per heavy atom. The Hall–Kier alpha value is -0.170. The zero-order chi connectivity index (χ0) is 7.82. The number of nitrogens with one attached hydrogen (secondary N) is 1. The maximum absolute atomic E-state index is 10.2. The minimum absolute atomic E-state index is 0. The molecule has 0 aliphatic heterocycles. The molecule has 0 aromatic rings. The minimum Gasteiger partial charge on any atom is -0.379 e. The van der Waals surface area contributed by atoms with Crippen molar-refractivity contribution in [2.24, 2.45) is 16.2 Å². The van der Waals surface area contributed by atoms with Crippen molar-refractivity contribution in [1.82, 2.24) is 5.43 Å². The van der Waals surface area contributed by atoms with Crippen molar-refractivity contribution in [3.8, 4) is 0 Å². The first-order valence-electron chi connectivity index (χ1n) is 2.84. The first-order chi connectivity index (χ1) is 4.81. The normalized spacial score (nSPS) is 8.17. The van der Waals surface area contributed by atoms with Gasteiger partial charge in [-0.3, -0.25) is 5.43 Å². The second-order valence-corrected chi connectivity index (χ2v) is 1.46. The number of nitrogens with two attached hydrogens (primary N) is 1. The molecule has 0 radical (unpaired) electrons. The molecule has 0 aliphatic carbocycles. The predicted molar refractivity (Wildman–Crippen MR) is 40.2 cm³/mol. The summed E-state index contributed by atoms with van der Waals surface area (Å²) in [6.45, 7) is 2.36. The van der Waals surface area contributed by atoms with Crippen molar-refractivity contribution in [2.75, 3.05) is 6.61 Å². The van der Waals surface area contributed by atoms with E-state index < -0.39 is 6.03 Å². The van der Waals surface area contributed by atoms with Gasteiger partial charge in [0.15, 0.2) is 0 Å². The average Bonchev–Trinajstić information content (AvgIpc) is 1.98. The Kier molecular flexibility index (Phi) is 19.9. The third-order valence-electron chi connectivity index (χ3n) is 0.608. The van der Waals surface area contributed by atoms with Crippen LogP contribution in [0, 0.1) is 7.43 Å². The van der Waals surface area contributed by atoms with E-state index in [0.717, 1.165) is 6.42 Å². The van der Waals surface area contributed by atoms with Crippen LogP contribution in [0.15, 0.2) is 10.4 Å². The molecular formula is C5H13N4NaO2. The van der Waals surface area contributed by atoms with Crippen molar-refractivity contribution in [3.63, 3.8) is 0 Å². The van der Waals surface area contributed by atoms with Crippen LogP contribution >= 0.6 is 0 Å². The number of hydrogen-bond acceptors (Lipinski definition) is 4. The van der Waals surface area contributed by atoms with Crippen LogP contribution in [-0.4, -0.2) is 12.6 Å². The monoisotopic (exact) mass is 184 g/mol. The Morgan fingerprint density at radius 2 is 2.25 bits per heavy atom. The molecule has 0 heterocycles. The minimum atomic E-state index is -0.726. The summed E-state index contributed by atoms with van der Waals surface area (Å²) in [5.74, 6) is 4.68. The molecular weight excluding hydrogens is 171 g/mol. The summed E-state index contributed by atoms with van der Waals surface area (Å²) < 4.78 is 0. The SMILES string of the molecule is CCCON=NC(=O)NN.[CH3-].[Na+]. The number of urea groups is 1. The van der Waals surface area contributed by atoms with Crippen molar-refractivity contribution >= 4 is 6.03 Å². The number of amides is 2. The molecule has 0 bridgehead atoms. The topological polar surface area (TPSA) is 89.1 Å². The number of nitrogens with zero attached hydrogens (tertiary/aromatic N) is 2. The van der Waals surface area contributed by atoms with Gasteiger partial charge < -0.3 is 12.3 Å². The predicted octanol–water partition coefficient (Wildman–Crippen LogP) is -2.18. The fraction of sp³-hybridized carbons (Fsp3) is 0.600. The maximum atomic E-state index is 10.2. The molecule has 0 aromatic carbocycles. The van der Waals surface area contributed by atoms with E-state index in [9.17, 15) is 4.79 Å². The number of hydrogen-bond donors (Lipinski definition) is 2. The van der Waals surface area contributed by atoms with E-state index in [1.807, 2.05) is 6.92 Å². The molecule has 7 heteroatoms. The summed E-state index contributed by atoms with van der Waals surface area (Å²) in [5.41, 5.74) is 1.76. The molecule has 0 aromatic heterocycles. The van der Waals surface area contributed by atoms with Gasteiger partial charge >= 0.3 is 35.6 Å². The summed E-state index contributed by atoms with van der Waals surface area (Å²) in [5, 5.41) is 6.07. The van der Waals surface area contributed by atoms with E-state index in [2.05, 4.69) is 21.1 Å². The first-order valence-corrected chi connectivity index (χ1v) is 2.84. The van der Waals surface area contributed by atoms with Gasteiger partial charge in [-0.2, -0.15) is 0 Å². The van der Waals surface area contributed by atoms with Crippen molar-refractivity contribution < 1.29 is 39.2 Å². The van der Waals surface area contributed by atoms with Crippen molar-refractivity contribution in [1.29, 1.82) is 0 Å². The van der Waals surface area contributed by atoms with Crippen LogP contribution < -0.4 is 40.8 Å². The van der Waals surface area contributed by atoms with Gasteiger partial charge in [0, 0.05) is 5.28 Å². The van der Waals surface area contributed by atoms with Gasteiger partial charge in [0.1, 0.15) is 6.61 Å². The number of rotatable bonds is 3. The molecule has 12 heavy (non-hydrogen) atoms. The fourth-order valence-electron chi connectivity index (χ4n) is 0.227. The molecule has 0 fully saturated rings. The summed E-state index contributed by atoms with van der Waals surface area (Å²) in [6.07, 6.45) is 0.823. The number of carbonyl (C=O) groups is 1. The molecule has 0 spiro atoms. The standard InChI is InChI=1S/C4H10N4O2.CH3.Na/c1-2-3-10-8-7-4(9)6-5;;/h2-3,5H2,1H3,(H,6,9);1H3;/q;-1;+1. The molecule has 0 saturated carbocycles. The van der Waals surface area contributed by atoms with Crippen LogP contribution in [0.25, 0.3) is 0 Å². The van der Waals surface area contributed by atoms with E-state index in [4.69, 9.17) is 0 Å². The van der Waals surface area contributed by atoms with Crippen LogP contribution in [-0.2, 0) is 4.84 Å². The molecule has 2 amide bonds.